The van der Waals surface area contributed by atoms with Crippen molar-refractivity contribution in [3.63, 3.8) is 0 Å². The zero-order chi connectivity index (χ0) is 21.1. The van der Waals surface area contributed by atoms with Crippen LogP contribution in [0.5, 0.6) is 5.75 Å². The summed E-state index contributed by atoms with van der Waals surface area (Å²) < 4.78 is 5.57. The first-order valence-electron chi connectivity index (χ1n) is 10.3. The van der Waals surface area contributed by atoms with E-state index in [0.717, 1.165) is 32.0 Å². The van der Waals surface area contributed by atoms with Crippen molar-refractivity contribution >= 4 is 24.0 Å². The molecule has 0 aromatic heterocycles. The Morgan fingerprint density at radius 2 is 1.93 bits per heavy atom. The summed E-state index contributed by atoms with van der Waals surface area (Å²) in [5, 5.41) is 29.3. The zero-order valence-electron chi connectivity index (χ0n) is 16.7. The second kappa shape index (κ2) is 12.9. The van der Waals surface area contributed by atoms with Gasteiger partial charge in [-0.2, -0.15) is 11.8 Å². The minimum atomic E-state index is -0.767. The van der Waals surface area contributed by atoms with Crippen LogP contribution in [0.2, 0.25) is 0 Å². The Kier molecular flexibility index (Phi) is 10.5. The fourth-order valence-corrected chi connectivity index (χ4v) is 5.33. The van der Waals surface area contributed by atoms with Gasteiger partial charge in [0.2, 0.25) is 0 Å². The highest BCUT2D eigenvalue weighted by molar-refractivity contribution is 8.00. The average molecular weight is 425 g/mol. The van der Waals surface area contributed by atoms with Crippen molar-refractivity contribution in [2.24, 2.45) is 11.8 Å². The Labute approximate surface area is 176 Å². The minimum Gasteiger partial charge on any atom is -0.491 e. The molecule has 5 atom stereocenters. The lowest BCUT2D eigenvalue weighted by molar-refractivity contribution is -0.137. The maximum absolute atomic E-state index is 11.5. The highest BCUT2D eigenvalue weighted by Crippen LogP contribution is 2.42. The van der Waals surface area contributed by atoms with Gasteiger partial charge in [-0.15, -0.1) is 0 Å². The van der Waals surface area contributed by atoms with E-state index < -0.39 is 18.2 Å². The molecule has 3 N–H and O–H groups in total. The number of aliphatic hydroxyl groups excluding tert-OH is 2. The minimum absolute atomic E-state index is 0.0735. The smallest absolute Gasteiger partial charge is 0.303 e. The molecule has 1 fully saturated rings. The van der Waals surface area contributed by atoms with Crippen LogP contribution in [-0.2, 0) is 9.59 Å². The number of carboxylic acids is 1. The van der Waals surface area contributed by atoms with Crippen molar-refractivity contribution in [3.8, 4) is 5.75 Å². The van der Waals surface area contributed by atoms with Crippen LogP contribution in [-0.4, -0.2) is 57.4 Å². The van der Waals surface area contributed by atoms with Crippen LogP contribution in [0.3, 0.4) is 0 Å². The standard InChI is InChI=1S/C22H32O6S/c23-13-16-12-20(25)22(19(16)10-6-1-2-7-11-21(26)27)29-15-17(24)14-28-18-8-4-3-5-9-18/h3-5,8-9,13,16-17,19-20,22,24-25H,1-2,6-7,10-12,14-15H2,(H,26,27)/t16?,17?,19-,20?,22+/m0/s1. The van der Waals surface area contributed by atoms with Crippen LogP contribution in [0.1, 0.15) is 44.9 Å². The quantitative estimate of drug-likeness (QED) is 0.311. The molecule has 1 aromatic carbocycles. The van der Waals surface area contributed by atoms with Gasteiger partial charge in [-0.25, -0.2) is 0 Å². The highest BCUT2D eigenvalue weighted by atomic mass is 32.2. The summed E-state index contributed by atoms with van der Waals surface area (Å²) in [5.41, 5.74) is 0. The first-order valence-corrected chi connectivity index (χ1v) is 11.4. The van der Waals surface area contributed by atoms with Gasteiger partial charge in [-0.1, -0.05) is 37.5 Å². The predicted octanol–water partition coefficient (Wildman–Crippen LogP) is 3.15. The number of unbranched alkanes of at least 4 members (excludes halogenated alkanes) is 3. The summed E-state index contributed by atoms with van der Waals surface area (Å²) in [4.78, 5) is 22.0. The number of aldehydes is 1. The number of benzene rings is 1. The van der Waals surface area contributed by atoms with Gasteiger partial charge in [0.15, 0.2) is 0 Å². The lowest BCUT2D eigenvalue weighted by Crippen LogP contribution is -2.28. The van der Waals surface area contributed by atoms with Gasteiger partial charge in [0.25, 0.3) is 0 Å². The number of thioether (sulfide) groups is 1. The summed E-state index contributed by atoms with van der Waals surface area (Å²) in [6.45, 7) is 0.186. The lowest BCUT2D eigenvalue weighted by atomic mass is 9.91. The highest BCUT2D eigenvalue weighted by Gasteiger charge is 2.42. The second-order valence-corrected chi connectivity index (χ2v) is 8.90. The van der Waals surface area contributed by atoms with Crippen molar-refractivity contribution < 1.29 is 29.6 Å². The van der Waals surface area contributed by atoms with E-state index in [-0.39, 0.29) is 30.1 Å². The fourth-order valence-electron chi connectivity index (χ4n) is 3.88. The summed E-state index contributed by atoms with van der Waals surface area (Å²) >= 11 is 1.52. The number of hydrogen-bond donors (Lipinski definition) is 3. The molecular weight excluding hydrogens is 392 g/mol. The maximum atomic E-state index is 11.5. The Balaban J connectivity index is 1.74. The topological polar surface area (TPSA) is 104 Å². The molecule has 0 aliphatic heterocycles. The van der Waals surface area contributed by atoms with E-state index in [1.165, 1.54) is 11.8 Å². The third-order valence-electron chi connectivity index (χ3n) is 5.38. The maximum Gasteiger partial charge on any atom is 0.303 e. The third kappa shape index (κ3) is 8.36. The number of rotatable bonds is 14. The van der Waals surface area contributed by atoms with E-state index in [4.69, 9.17) is 9.84 Å². The molecule has 0 amide bonds. The van der Waals surface area contributed by atoms with Crippen LogP contribution in [0.4, 0.5) is 0 Å². The second-order valence-electron chi connectivity index (χ2n) is 7.69. The van der Waals surface area contributed by atoms with Gasteiger partial charge < -0.3 is 24.9 Å². The molecule has 0 saturated heterocycles. The molecule has 1 aliphatic rings. The molecule has 3 unspecified atom stereocenters. The fraction of sp³-hybridized carbons (Fsp3) is 0.636. The van der Waals surface area contributed by atoms with Crippen LogP contribution >= 0.6 is 11.8 Å². The Bertz CT molecular complexity index is 611. The molecule has 7 heteroatoms. The van der Waals surface area contributed by atoms with Crippen molar-refractivity contribution in [1.29, 1.82) is 0 Å². The van der Waals surface area contributed by atoms with Crippen LogP contribution < -0.4 is 4.74 Å². The van der Waals surface area contributed by atoms with Crippen LogP contribution in [0, 0.1) is 11.8 Å². The van der Waals surface area contributed by atoms with E-state index in [9.17, 15) is 19.8 Å². The van der Waals surface area contributed by atoms with E-state index in [1.54, 1.807) is 0 Å². The van der Waals surface area contributed by atoms with Crippen molar-refractivity contribution in [1.82, 2.24) is 0 Å². The van der Waals surface area contributed by atoms with Gasteiger partial charge in [0.05, 0.1) is 12.2 Å². The number of para-hydroxylation sites is 1. The van der Waals surface area contributed by atoms with Gasteiger partial charge in [0.1, 0.15) is 18.6 Å². The van der Waals surface area contributed by atoms with Crippen LogP contribution in [0.15, 0.2) is 30.3 Å². The lowest BCUT2D eigenvalue weighted by Gasteiger charge is -2.24. The molecule has 29 heavy (non-hydrogen) atoms. The SMILES string of the molecule is O=CC1CC(O)[C@H](SCC(O)COc2ccccc2)[C@H]1CCCCCCC(=O)O. The van der Waals surface area contributed by atoms with E-state index >= 15 is 0 Å². The van der Waals surface area contributed by atoms with E-state index in [1.807, 2.05) is 30.3 Å². The Morgan fingerprint density at radius 1 is 1.21 bits per heavy atom. The molecule has 2 rings (SSSR count). The summed E-state index contributed by atoms with van der Waals surface area (Å²) in [6.07, 6.45) is 4.63. The first-order chi connectivity index (χ1) is 14.0. The average Bonchev–Trinajstić information content (AvgIpc) is 3.02. The molecular formula is C22H32O6S. The zero-order valence-corrected chi connectivity index (χ0v) is 17.5. The molecule has 0 bridgehead atoms. The van der Waals surface area contributed by atoms with Gasteiger partial charge in [0, 0.05) is 23.3 Å². The van der Waals surface area contributed by atoms with Crippen molar-refractivity contribution in [2.75, 3.05) is 12.4 Å². The number of ether oxygens (including phenoxy) is 1. The van der Waals surface area contributed by atoms with Gasteiger partial charge in [-0.05, 0) is 37.3 Å². The Hall–Kier alpha value is -1.57. The monoisotopic (exact) mass is 424 g/mol. The molecule has 1 aliphatic carbocycles. The number of carboxylic acid groups (broad SMARTS) is 1. The summed E-state index contributed by atoms with van der Waals surface area (Å²) in [6, 6.07) is 9.31. The Morgan fingerprint density at radius 3 is 2.62 bits per heavy atom. The molecule has 0 heterocycles. The summed E-state index contributed by atoms with van der Waals surface area (Å²) in [7, 11) is 0. The van der Waals surface area contributed by atoms with Crippen molar-refractivity contribution in [3.05, 3.63) is 30.3 Å². The molecule has 1 saturated carbocycles. The molecule has 162 valence electrons. The third-order valence-corrected chi connectivity index (χ3v) is 7.01. The number of carbonyl (C=O) groups is 2. The first kappa shape index (κ1) is 23.7. The van der Waals surface area contributed by atoms with Gasteiger partial charge in [-0.3, -0.25) is 4.79 Å². The predicted molar refractivity (Wildman–Crippen MR) is 113 cm³/mol. The molecule has 6 nitrogen and oxygen atoms in total. The molecule has 0 spiro atoms. The number of aliphatic carboxylic acids is 1. The van der Waals surface area contributed by atoms with Crippen LogP contribution in [0.25, 0.3) is 0 Å². The number of hydrogen-bond acceptors (Lipinski definition) is 6. The van der Waals surface area contributed by atoms with E-state index in [2.05, 4.69) is 0 Å². The number of aliphatic hydroxyl groups is 2. The largest absolute Gasteiger partial charge is 0.491 e. The number of carbonyl (C=O) groups excluding carboxylic acids is 1. The van der Waals surface area contributed by atoms with E-state index in [0.29, 0.717) is 24.3 Å². The van der Waals surface area contributed by atoms with Crippen molar-refractivity contribution in [2.45, 2.75) is 62.4 Å². The van der Waals surface area contributed by atoms with Gasteiger partial charge >= 0.3 is 5.97 Å². The molecule has 0 radical (unpaired) electrons. The molecule has 1 aromatic rings. The summed E-state index contributed by atoms with van der Waals surface area (Å²) in [5.74, 6) is 0.318. The normalized spacial score (nSPS) is 24.9.